The number of aromatic nitrogens is 1. The summed E-state index contributed by atoms with van der Waals surface area (Å²) in [5, 5.41) is 11.0. The highest BCUT2D eigenvalue weighted by atomic mass is 19.4. The Morgan fingerprint density at radius 1 is 0.955 bits per heavy atom. The number of alkyl halides is 3. The molecule has 0 saturated heterocycles. The summed E-state index contributed by atoms with van der Waals surface area (Å²) in [6.07, 6.45) is -3.61. The molecular weight excluding hydrogens is 291 g/mol. The van der Waals surface area contributed by atoms with Gasteiger partial charge in [-0.25, -0.2) is 0 Å². The molecule has 2 N–H and O–H groups in total. The third-order valence-electron chi connectivity index (χ3n) is 3.92. The van der Waals surface area contributed by atoms with Gasteiger partial charge in [0.15, 0.2) is 0 Å². The fraction of sp³-hybridized carbons (Fsp3) is 0.176. The zero-order valence-corrected chi connectivity index (χ0v) is 11.8. The standard InChI is InChI=1S/C17H14F3NO/c1-11-6-5-9-13-14(10-21-15(11)13)16(22,17(18,19)20)12-7-3-2-4-8-12/h2-10,21-22H,1H3. The molecule has 3 aromatic rings. The van der Waals surface area contributed by atoms with Crippen LogP contribution in [0.5, 0.6) is 0 Å². The van der Waals surface area contributed by atoms with Crippen molar-refractivity contribution in [2.75, 3.05) is 0 Å². The summed E-state index contributed by atoms with van der Waals surface area (Å²) in [6.45, 7) is 1.80. The van der Waals surface area contributed by atoms with E-state index in [1.54, 1.807) is 31.2 Å². The summed E-state index contributed by atoms with van der Waals surface area (Å²) in [5.74, 6) is 0. The maximum atomic E-state index is 13.7. The minimum atomic E-state index is -4.84. The molecule has 0 bridgehead atoms. The van der Waals surface area contributed by atoms with E-state index in [0.29, 0.717) is 10.9 Å². The largest absolute Gasteiger partial charge is 0.425 e. The smallest absolute Gasteiger partial charge is 0.372 e. The number of fused-ring (bicyclic) bond motifs is 1. The van der Waals surface area contributed by atoms with Crippen LogP contribution in [-0.4, -0.2) is 16.3 Å². The van der Waals surface area contributed by atoms with Crippen LogP contribution in [0.15, 0.2) is 54.7 Å². The van der Waals surface area contributed by atoms with Crippen LogP contribution in [0.4, 0.5) is 13.2 Å². The van der Waals surface area contributed by atoms with Gasteiger partial charge in [-0.1, -0.05) is 48.5 Å². The number of H-pyrrole nitrogens is 1. The average Bonchev–Trinajstić information content (AvgIpc) is 2.92. The van der Waals surface area contributed by atoms with Crippen molar-refractivity contribution in [3.8, 4) is 0 Å². The van der Waals surface area contributed by atoms with Gasteiger partial charge in [0.25, 0.3) is 0 Å². The zero-order chi connectivity index (χ0) is 16.0. The molecule has 3 rings (SSSR count). The number of hydrogen-bond donors (Lipinski definition) is 2. The van der Waals surface area contributed by atoms with Crippen molar-refractivity contribution in [3.63, 3.8) is 0 Å². The molecule has 0 aliphatic rings. The molecule has 0 radical (unpaired) electrons. The molecule has 0 saturated carbocycles. The van der Waals surface area contributed by atoms with Crippen LogP contribution in [0.25, 0.3) is 10.9 Å². The van der Waals surface area contributed by atoms with E-state index in [2.05, 4.69) is 4.98 Å². The van der Waals surface area contributed by atoms with Gasteiger partial charge in [0.2, 0.25) is 5.60 Å². The molecule has 0 amide bonds. The Bertz CT molecular complexity index is 808. The number of rotatable bonds is 2. The first-order valence-corrected chi connectivity index (χ1v) is 6.77. The van der Waals surface area contributed by atoms with Crippen LogP contribution in [0.3, 0.4) is 0 Å². The highest BCUT2D eigenvalue weighted by Gasteiger charge is 2.57. The van der Waals surface area contributed by atoms with Crippen LogP contribution in [0, 0.1) is 6.92 Å². The molecule has 0 aliphatic carbocycles. The second kappa shape index (κ2) is 4.88. The van der Waals surface area contributed by atoms with E-state index in [-0.39, 0.29) is 11.1 Å². The van der Waals surface area contributed by atoms with Gasteiger partial charge >= 0.3 is 6.18 Å². The second-order valence-corrected chi connectivity index (χ2v) is 5.27. The number of halogens is 3. The van der Waals surface area contributed by atoms with Gasteiger partial charge in [0.1, 0.15) is 0 Å². The molecule has 5 heteroatoms. The molecular formula is C17H14F3NO. The summed E-state index contributed by atoms with van der Waals surface area (Å²) < 4.78 is 41.2. The summed E-state index contributed by atoms with van der Waals surface area (Å²) >= 11 is 0. The van der Waals surface area contributed by atoms with E-state index < -0.39 is 11.8 Å². The van der Waals surface area contributed by atoms with Crippen LogP contribution >= 0.6 is 0 Å². The lowest BCUT2D eigenvalue weighted by atomic mass is 9.85. The second-order valence-electron chi connectivity index (χ2n) is 5.27. The van der Waals surface area contributed by atoms with Crippen molar-refractivity contribution in [2.45, 2.75) is 18.7 Å². The highest BCUT2D eigenvalue weighted by molar-refractivity contribution is 5.87. The number of benzene rings is 2. The van der Waals surface area contributed by atoms with Crippen LogP contribution < -0.4 is 0 Å². The quantitative estimate of drug-likeness (QED) is 0.728. The van der Waals surface area contributed by atoms with Gasteiger partial charge in [-0.05, 0) is 18.1 Å². The topological polar surface area (TPSA) is 36.0 Å². The zero-order valence-electron chi connectivity index (χ0n) is 11.8. The lowest BCUT2D eigenvalue weighted by Gasteiger charge is -2.31. The van der Waals surface area contributed by atoms with Crippen LogP contribution in [0.2, 0.25) is 0 Å². The van der Waals surface area contributed by atoms with Gasteiger partial charge < -0.3 is 10.1 Å². The maximum Gasteiger partial charge on any atom is 0.425 e. The number of hydrogen-bond acceptors (Lipinski definition) is 1. The van der Waals surface area contributed by atoms with E-state index in [4.69, 9.17) is 0 Å². The molecule has 114 valence electrons. The van der Waals surface area contributed by atoms with E-state index in [0.717, 1.165) is 5.56 Å². The third-order valence-corrected chi connectivity index (χ3v) is 3.92. The SMILES string of the molecule is Cc1cccc2c(C(O)(c3ccccc3)C(F)(F)F)c[nH]c12. The maximum absolute atomic E-state index is 13.7. The van der Waals surface area contributed by atoms with Crippen molar-refractivity contribution in [1.29, 1.82) is 0 Å². The Morgan fingerprint density at radius 2 is 1.64 bits per heavy atom. The fourth-order valence-corrected chi connectivity index (χ4v) is 2.76. The predicted molar refractivity (Wildman–Crippen MR) is 78.5 cm³/mol. The van der Waals surface area contributed by atoms with Crippen molar-refractivity contribution in [1.82, 2.24) is 4.98 Å². The first-order valence-electron chi connectivity index (χ1n) is 6.77. The molecule has 1 heterocycles. The Hall–Kier alpha value is -2.27. The minimum Gasteiger partial charge on any atom is -0.372 e. The number of aromatic amines is 1. The molecule has 0 aliphatic heterocycles. The molecule has 2 nitrogen and oxygen atoms in total. The molecule has 1 atom stereocenters. The van der Waals surface area contributed by atoms with Gasteiger partial charge in [0.05, 0.1) is 0 Å². The first-order chi connectivity index (χ1) is 10.4. The van der Waals surface area contributed by atoms with Crippen molar-refractivity contribution in [3.05, 3.63) is 71.4 Å². The Balaban J connectivity index is 2.33. The van der Waals surface area contributed by atoms with Gasteiger partial charge in [0, 0.05) is 22.7 Å². The molecule has 0 spiro atoms. The van der Waals surface area contributed by atoms with Gasteiger partial charge in [-0.3, -0.25) is 0 Å². The van der Waals surface area contributed by atoms with Gasteiger partial charge in [-0.2, -0.15) is 13.2 Å². The highest BCUT2D eigenvalue weighted by Crippen LogP contribution is 2.46. The number of aryl methyl sites for hydroxylation is 1. The van der Waals surface area contributed by atoms with Crippen LogP contribution in [-0.2, 0) is 5.60 Å². The minimum absolute atomic E-state index is 0.190. The molecule has 1 unspecified atom stereocenters. The summed E-state index contributed by atoms with van der Waals surface area (Å²) in [4.78, 5) is 2.84. The monoisotopic (exact) mass is 305 g/mol. The Labute approximate surface area is 125 Å². The normalized spacial score (nSPS) is 15.0. The number of para-hydroxylation sites is 1. The van der Waals surface area contributed by atoms with Crippen molar-refractivity contribution in [2.24, 2.45) is 0 Å². The lowest BCUT2D eigenvalue weighted by Crippen LogP contribution is -2.43. The van der Waals surface area contributed by atoms with Crippen molar-refractivity contribution < 1.29 is 18.3 Å². The predicted octanol–water partition coefficient (Wildman–Crippen LogP) is 4.27. The summed E-state index contributed by atoms with van der Waals surface area (Å²) in [5.41, 5.74) is -2.03. The summed E-state index contributed by atoms with van der Waals surface area (Å²) in [7, 11) is 0. The average molecular weight is 305 g/mol. The fourth-order valence-electron chi connectivity index (χ4n) is 2.76. The lowest BCUT2D eigenvalue weighted by molar-refractivity contribution is -0.247. The number of nitrogens with one attached hydrogen (secondary N) is 1. The van der Waals surface area contributed by atoms with E-state index in [9.17, 15) is 18.3 Å². The van der Waals surface area contributed by atoms with E-state index >= 15 is 0 Å². The Kier molecular flexibility index (Phi) is 3.25. The van der Waals surface area contributed by atoms with Gasteiger partial charge in [-0.15, -0.1) is 0 Å². The molecule has 22 heavy (non-hydrogen) atoms. The number of aliphatic hydroxyl groups is 1. The van der Waals surface area contributed by atoms with Crippen LogP contribution in [0.1, 0.15) is 16.7 Å². The van der Waals surface area contributed by atoms with E-state index in [1.807, 2.05) is 0 Å². The molecule has 0 fully saturated rings. The van der Waals surface area contributed by atoms with Crippen molar-refractivity contribution >= 4 is 10.9 Å². The molecule has 2 aromatic carbocycles. The van der Waals surface area contributed by atoms with E-state index in [1.165, 1.54) is 30.5 Å². The third kappa shape index (κ3) is 2.01. The summed E-state index contributed by atoms with van der Waals surface area (Å²) in [6, 6.07) is 12.2. The molecule has 1 aromatic heterocycles. The Morgan fingerprint density at radius 3 is 2.27 bits per heavy atom. The first kappa shape index (κ1) is 14.7.